The Morgan fingerprint density at radius 1 is 1.52 bits per heavy atom. The highest BCUT2D eigenvalue weighted by atomic mass is 79.9. The summed E-state index contributed by atoms with van der Waals surface area (Å²) in [5.74, 6) is -0.776. The SMILES string of the molecule is COCCC(N)C(=O)Nc1cc(Cl)cc(Br)c1OC(F)F. The highest BCUT2D eigenvalue weighted by Gasteiger charge is 2.19. The second kappa shape index (κ2) is 8.47. The molecule has 9 heteroatoms. The number of halogens is 4. The highest BCUT2D eigenvalue weighted by molar-refractivity contribution is 9.10. The third kappa shape index (κ3) is 5.74. The molecule has 0 aliphatic carbocycles. The Balaban J connectivity index is 2.93. The second-order valence-electron chi connectivity index (χ2n) is 4.02. The van der Waals surface area contributed by atoms with Crippen LogP contribution in [0.3, 0.4) is 0 Å². The van der Waals surface area contributed by atoms with Crippen molar-refractivity contribution in [3.8, 4) is 5.75 Å². The molecule has 118 valence electrons. The summed E-state index contributed by atoms with van der Waals surface area (Å²) in [6.07, 6.45) is 0.287. The van der Waals surface area contributed by atoms with Crippen molar-refractivity contribution < 1.29 is 23.0 Å². The Bertz CT molecular complexity index is 506. The van der Waals surface area contributed by atoms with Crippen LogP contribution in [-0.4, -0.2) is 32.3 Å². The minimum absolute atomic E-state index is 0.00698. The fourth-order valence-corrected chi connectivity index (χ4v) is 2.37. The lowest BCUT2D eigenvalue weighted by atomic mass is 10.2. The summed E-state index contributed by atoms with van der Waals surface area (Å²) in [7, 11) is 1.48. The Kier molecular flexibility index (Phi) is 7.30. The molecule has 1 aromatic carbocycles. The number of benzene rings is 1. The second-order valence-corrected chi connectivity index (χ2v) is 5.31. The Morgan fingerprint density at radius 3 is 2.76 bits per heavy atom. The average molecular weight is 388 g/mol. The highest BCUT2D eigenvalue weighted by Crippen LogP contribution is 2.37. The molecule has 1 unspecified atom stereocenters. The van der Waals surface area contributed by atoms with Gasteiger partial charge < -0.3 is 20.5 Å². The summed E-state index contributed by atoms with van der Waals surface area (Å²) in [5, 5.41) is 2.65. The maximum absolute atomic E-state index is 12.4. The predicted molar refractivity (Wildman–Crippen MR) is 78.9 cm³/mol. The van der Waals surface area contributed by atoms with Crippen molar-refractivity contribution >= 4 is 39.1 Å². The van der Waals surface area contributed by atoms with E-state index in [1.807, 2.05) is 0 Å². The fourth-order valence-electron chi connectivity index (χ4n) is 1.46. The minimum atomic E-state index is -3.04. The molecular weight excluding hydrogens is 373 g/mol. The molecular formula is C12H14BrClF2N2O3. The van der Waals surface area contributed by atoms with Gasteiger partial charge in [0, 0.05) is 18.7 Å². The Hall–Kier alpha value is -0.960. The number of nitrogens with one attached hydrogen (secondary N) is 1. The van der Waals surface area contributed by atoms with Gasteiger partial charge in [-0.25, -0.2) is 0 Å². The first kappa shape index (κ1) is 18.1. The van der Waals surface area contributed by atoms with Crippen molar-refractivity contribution in [2.45, 2.75) is 19.1 Å². The van der Waals surface area contributed by atoms with Gasteiger partial charge in [0.25, 0.3) is 0 Å². The summed E-state index contributed by atoms with van der Waals surface area (Å²) in [5.41, 5.74) is 5.66. The van der Waals surface area contributed by atoms with Gasteiger partial charge in [0.05, 0.1) is 16.2 Å². The molecule has 0 saturated carbocycles. The quantitative estimate of drug-likeness (QED) is 0.754. The molecule has 1 rings (SSSR count). The van der Waals surface area contributed by atoms with Gasteiger partial charge in [-0.2, -0.15) is 8.78 Å². The molecule has 0 saturated heterocycles. The lowest BCUT2D eigenvalue weighted by molar-refractivity contribution is -0.117. The van der Waals surface area contributed by atoms with E-state index in [4.69, 9.17) is 22.1 Å². The molecule has 1 aromatic rings. The molecule has 5 nitrogen and oxygen atoms in total. The van der Waals surface area contributed by atoms with Crippen LogP contribution in [-0.2, 0) is 9.53 Å². The van der Waals surface area contributed by atoms with E-state index in [0.717, 1.165) is 0 Å². The zero-order valence-electron chi connectivity index (χ0n) is 11.0. The standard InChI is InChI=1S/C12H14BrClF2N2O3/c1-20-3-2-8(17)11(19)18-9-5-6(14)4-7(13)10(9)21-12(15)16/h4-5,8,12H,2-3,17H2,1H3,(H,18,19). The van der Waals surface area contributed by atoms with Gasteiger partial charge in [0.15, 0.2) is 5.75 Å². The van der Waals surface area contributed by atoms with E-state index in [1.165, 1.54) is 19.2 Å². The summed E-state index contributed by atoms with van der Waals surface area (Å²) in [6.45, 7) is -2.74. The summed E-state index contributed by atoms with van der Waals surface area (Å²) < 4.78 is 34.2. The molecule has 0 fully saturated rings. The molecule has 3 N–H and O–H groups in total. The number of ether oxygens (including phenoxy) is 2. The molecule has 1 amide bonds. The van der Waals surface area contributed by atoms with Crippen LogP contribution in [0.25, 0.3) is 0 Å². The summed E-state index contributed by atoms with van der Waals surface area (Å²) in [4.78, 5) is 11.9. The van der Waals surface area contributed by atoms with E-state index < -0.39 is 18.6 Å². The minimum Gasteiger partial charge on any atom is -0.431 e. The van der Waals surface area contributed by atoms with Crippen molar-refractivity contribution in [1.82, 2.24) is 0 Å². The van der Waals surface area contributed by atoms with Crippen LogP contribution < -0.4 is 15.8 Å². The van der Waals surface area contributed by atoms with Gasteiger partial charge in [-0.15, -0.1) is 0 Å². The number of carbonyl (C=O) groups is 1. The van der Waals surface area contributed by atoms with Crippen LogP contribution in [0.15, 0.2) is 16.6 Å². The fraction of sp³-hybridized carbons (Fsp3) is 0.417. The lowest BCUT2D eigenvalue weighted by Gasteiger charge is -2.16. The van der Waals surface area contributed by atoms with Crippen molar-refractivity contribution in [2.24, 2.45) is 5.73 Å². The third-order valence-electron chi connectivity index (χ3n) is 2.44. The van der Waals surface area contributed by atoms with E-state index in [1.54, 1.807) is 0 Å². The van der Waals surface area contributed by atoms with Gasteiger partial charge in [0.1, 0.15) is 0 Å². The zero-order chi connectivity index (χ0) is 16.0. The van der Waals surface area contributed by atoms with Gasteiger partial charge >= 0.3 is 6.61 Å². The first-order chi connectivity index (χ1) is 9.85. The van der Waals surface area contributed by atoms with Crippen LogP contribution in [0.2, 0.25) is 5.02 Å². The smallest absolute Gasteiger partial charge is 0.387 e. The number of rotatable bonds is 7. The van der Waals surface area contributed by atoms with Gasteiger partial charge in [-0.05, 0) is 34.5 Å². The average Bonchev–Trinajstić information content (AvgIpc) is 2.39. The van der Waals surface area contributed by atoms with Crippen molar-refractivity contribution in [2.75, 3.05) is 19.0 Å². The summed E-state index contributed by atoms with van der Waals surface area (Å²) in [6, 6.07) is 1.83. The maximum Gasteiger partial charge on any atom is 0.387 e. The number of methoxy groups -OCH3 is 1. The van der Waals surface area contributed by atoms with E-state index in [0.29, 0.717) is 6.61 Å². The van der Waals surface area contributed by atoms with Crippen LogP contribution in [0, 0.1) is 0 Å². The van der Waals surface area contributed by atoms with Crippen LogP contribution in [0.5, 0.6) is 5.75 Å². The normalized spacial score (nSPS) is 12.3. The molecule has 1 atom stereocenters. The Labute approximate surface area is 133 Å². The Morgan fingerprint density at radius 2 is 2.19 bits per heavy atom. The molecule has 21 heavy (non-hydrogen) atoms. The van der Waals surface area contributed by atoms with E-state index in [2.05, 4.69) is 26.0 Å². The number of hydrogen-bond acceptors (Lipinski definition) is 4. The number of carbonyl (C=O) groups excluding carboxylic acids is 1. The molecule has 0 radical (unpaired) electrons. The zero-order valence-corrected chi connectivity index (χ0v) is 13.4. The van der Waals surface area contributed by atoms with Crippen LogP contribution >= 0.6 is 27.5 Å². The lowest BCUT2D eigenvalue weighted by Crippen LogP contribution is -2.36. The van der Waals surface area contributed by atoms with Gasteiger partial charge in [-0.3, -0.25) is 4.79 Å². The predicted octanol–water partition coefficient (Wildman–Crippen LogP) is 3.01. The van der Waals surface area contributed by atoms with E-state index in [-0.39, 0.29) is 27.4 Å². The van der Waals surface area contributed by atoms with Crippen LogP contribution in [0.4, 0.5) is 14.5 Å². The molecule has 0 heterocycles. The molecule has 0 spiro atoms. The number of hydrogen-bond donors (Lipinski definition) is 2. The monoisotopic (exact) mass is 386 g/mol. The number of alkyl halides is 2. The van der Waals surface area contributed by atoms with Gasteiger partial charge in [-0.1, -0.05) is 11.6 Å². The van der Waals surface area contributed by atoms with E-state index >= 15 is 0 Å². The van der Waals surface area contributed by atoms with E-state index in [9.17, 15) is 13.6 Å². The molecule has 0 bridgehead atoms. The maximum atomic E-state index is 12.4. The number of amides is 1. The van der Waals surface area contributed by atoms with Crippen molar-refractivity contribution in [1.29, 1.82) is 0 Å². The largest absolute Gasteiger partial charge is 0.431 e. The van der Waals surface area contributed by atoms with Crippen molar-refractivity contribution in [3.05, 3.63) is 21.6 Å². The molecule has 0 aliphatic heterocycles. The first-order valence-corrected chi connectivity index (χ1v) is 7.01. The van der Waals surface area contributed by atoms with Crippen molar-refractivity contribution in [3.63, 3.8) is 0 Å². The summed E-state index contributed by atoms with van der Waals surface area (Å²) >= 11 is 8.88. The topological polar surface area (TPSA) is 73.6 Å². The third-order valence-corrected chi connectivity index (χ3v) is 3.25. The number of nitrogens with two attached hydrogens (primary N) is 1. The van der Waals surface area contributed by atoms with Gasteiger partial charge in [0.2, 0.25) is 5.91 Å². The number of anilines is 1. The first-order valence-electron chi connectivity index (χ1n) is 5.84. The molecule has 0 aliphatic rings. The molecule has 0 aromatic heterocycles. The van der Waals surface area contributed by atoms with Crippen LogP contribution in [0.1, 0.15) is 6.42 Å².